The average molecular weight is 90.1 g/mol. The number of halogens is 1. The third kappa shape index (κ3) is 2.18. The fourth-order valence-corrected chi connectivity index (χ4v) is 0.109. The van der Waals surface area contributed by atoms with Gasteiger partial charge in [0.05, 0.1) is 6.67 Å². The van der Waals surface area contributed by atoms with Gasteiger partial charge in [0.2, 0.25) is 0 Å². The summed E-state index contributed by atoms with van der Waals surface area (Å²) in [6.45, 7) is 3.72. The zero-order valence-corrected chi connectivity index (χ0v) is 4.37. The molecule has 0 saturated carbocycles. The fraction of sp³-hybridized carbons (Fsp3) is 1.00. The number of hydrogen-bond donors (Lipinski definition) is 0. The fourth-order valence-electron chi connectivity index (χ4n) is 0.109. The molecule has 0 aliphatic rings. The van der Waals surface area contributed by atoms with E-state index >= 15 is 0 Å². The number of hydrogen-bond acceptors (Lipinski definition) is 0. The van der Waals surface area contributed by atoms with Gasteiger partial charge in [-0.1, -0.05) is 20.3 Å². The Kier molecular flexibility index (Phi) is 3.10. The molecular formula is C5H11F. The van der Waals surface area contributed by atoms with Gasteiger partial charge < -0.3 is 0 Å². The van der Waals surface area contributed by atoms with Crippen LogP contribution in [0.1, 0.15) is 20.3 Å². The Balaban J connectivity index is 2.75. The Morgan fingerprint density at radius 2 is 2.17 bits per heavy atom. The van der Waals surface area contributed by atoms with Crippen molar-refractivity contribution in [2.75, 3.05) is 6.67 Å². The topological polar surface area (TPSA) is 0 Å². The van der Waals surface area contributed by atoms with Gasteiger partial charge in [-0.05, 0) is 5.92 Å². The molecule has 0 rings (SSSR count). The first kappa shape index (κ1) is 5.93. The van der Waals surface area contributed by atoms with Crippen LogP contribution < -0.4 is 0 Å². The van der Waals surface area contributed by atoms with E-state index in [1.165, 1.54) is 0 Å². The summed E-state index contributed by atoms with van der Waals surface area (Å²) in [5, 5.41) is 0. The van der Waals surface area contributed by atoms with E-state index in [9.17, 15) is 4.39 Å². The molecule has 0 unspecified atom stereocenters. The minimum Gasteiger partial charge on any atom is -0.251 e. The zero-order valence-electron chi connectivity index (χ0n) is 4.37. The summed E-state index contributed by atoms with van der Waals surface area (Å²) in [6.07, 6.45) is 0.955. The largest absolute Gasteiger partial charge is 0.251 e. The smallest absolute Gasteiger partial charge is 0.0919 e. The van der Waals surface area contributed by atoms with Crippen LogP contribution in [0.3, 0.4) is 0 Å². The van der Waals surface area contributed by atoms with E-state index in [2.05, 4.69) is 0 Å². The molecule has 38 valence electrons. The van der Waals surface area contributed by atoms with Crippen LogP contribution in [-0.4, -0.2) is 6.67 Å². The van der Waals surface area contributed by atoms with Crippen molar-refractivity contribution in [1.29, 1.82) is 0 Å². The van der Waals surface area contributed by atoms with Gasteiger partial charge in [-0.15, -0.1) is 0 Å². The molecule has 1 heteroatoms. The highest BCUT2D eigenvalue weighted by Gasteiger charge is 1.92. The molecule has 1 atom stereocenters. The van der Waals surface area contributed by atoms with Crippen molar-refractivity contribution in [2.45, 2.75) is 20.3 Å². The molecule has 0 aromatic rings. The molecular weight excluding hydrogens is 79.1 g/mol. The highest BCUT2D eigenvalue weighted by molar-refractivity contribution is 4.42. The van der Waals surface area contributed by atoms with Crippen molar-refractivity contribution < 1.29 is 4.39 Å². The van der Waals surface area contributed by atoms with Gasteiger partial charge in [0, 0.05) is 0 Å². The Bertz CT molecular complexity index is 23.1. The summed E-state index contributed by atoms with van der Waals surface area (Å²) >= 11 is 0. The zero-order chi connectivity index (χ0) is 4.99. The van der Waals surface area contributed by atoms with Crippen LogP contribution in [0.2, 0.25) is 0 Å². The maximum atomic E-state index is 11.4. The van der Waals surface area contributed by atoms with Crippen LogP contribution in [-0.2, 0) is 0 Å². The van der Waals surface area contributed by atoms with E-state index in [0.29, 0.717) is 0 Å². The van der Waals surface area contributed by atoms with Gasteiger partial charge in [-0.2, -0.15) is 0 Å². The molecule has 0 N–H and O–H groups in total. The number of alkyl halides is 1. The number of rotatable bonds is 2. The van der Waals surface area contributed by atoms with Crippen LogP contribution in [0.5, 0.6) is 0 Å². The molecule has 0 radical (unpaired) electrons. The Labute approximate surface area is 38.4 Å². The molecule has 0 spiro atoms. The molecule has 6 heavy (non-hydrogen) atoms. The van der Waals surface area contributed by atoms with Crippen molar-refractivity contribution in [2.24, 2.45) is 5.92 Å². The average Bonchev–Trinajstić information content (AvgIpc) is 1.65. The van der Waals surface area contributed by atoms with Gasteiger partial charge in [-0.25, -0.2) is 0 Å². The third-order valence-corrected chi connectivity index (χ3v) is 0.960. The first-order chi connectivity index (χ1) is 2.81. The third-order valence-electron chi connectivity index (χ3n) is 0.960. The lowest BCUT2D eigenvalue weighted by molar-refractivity contribution is 0.375. The first-order valence-electron chi connectivity index (χ1n) is 2.37. The Hall–Kier alpha value is -0.0700. The molecule has 0 aliphatic carbocycles. The summed E-state index contributed by atoms with van der Waals surface area (Å²) in [5.41, 5.74) is 0. The summed E-state index contributed by atoms with van der Waals surface area (Å²) < 4.78 is 11.4. The minimum absolute atomic E-state index is 0.170. The van der Waals surface area contributed by atoms with Crippen molar-refractivity contribution in [3.63, 3.8) is 0 Å². The summed E-state index contributed by atoms with van der Waals surface area (Å²) in [4.78, 5) is 0. The second-order valence-corrected chi connectivity index (χ2v) is 1.67. The van der Waals surface area contributed by atoms with Crippen molar-refractivity contribution >= 4 is 0 Å². The van der Waals surface area contributed by atoms with Gasteiger partial charge in [0.15, 0.2) is 0 Å². The predicted octanol–water partition coefficient (Wildman–Crippen LogP) is 2.00. The minimum atomic E-state index is -0.170. The maximum Gasteiger partial charge on any atom is 0.0919 e. The van der Waals surface area contributed by atoms with E-state index in [1.54, 1.807) is 0 Å². The standard InChI is InChI=1S/C5H11F/c1-3-5(2)4-6/h5H,3-4H2,1-2H3/t5-/m0/s1. The molecule has 0 aromatic heterocycles. The molecule has 0 bridgehead atoms. The quantitative estimate of drug-likeness (QED) is 0.486. The van der Waals surface area contributed by atoms with E-state index in [-0.39, 0.29) is 12.6 Å². The lowest BCUT2D eigenvalue weighted by atomic mass is 10.1. The molecule has 0 amide bonds. The molecule has 0 nitrogen and oxygen atoms in total. The first-order valence-corrected chi connectivity index (χ1v) is 2.37. The van der Waals surface area contributed by atoms with E-state index < -0.39 is 0 Å². The molecule has 0 heterocycles. The van der Waals surface area contributed by atoms with Crippen LogP contribution in [0.25, 0.3) is 0 Å². The molecule has 0 fully saturated rings. The van der Waals surface area contributed by atoms with Crippen LogP contribution in [0.4, 0.5) is 4.39 Å². The van der Waals surface area contributed by atoms with Gasteiger partial charge in [0.1, 0.15) is 0 Å². The predicted molar refractivity (Wildman–Crippen MR) is 25.4 cm³/mol. The van der Waals surface area contributed by atoms with E-state index in [1.807, 2.05) is 13.8 Å². The van der Waals surface area contributed by atoms with Crippen molar-refractivity contribution in [3.05, 3.63) is 0 Å². The SMILES string of the molecule is CC[C@H](C)CF. The normalized spacial score (nSPS) is 14.5. The van der Waals surface area contributed by atoms with Gasteiger partial charge in [0.25, 0.3) is 0 Å². The van der Waals surface area contributed by atoms with Crippen LogP contribution >= 0.6 is 0 Å². The lowest BCUT2D eigenvalue weighted by Gasteiger charge is -1.95. The Morgan fingerprint density at radius 3 is 2.17 bits per heavy atom. The van der Waals surface area contributed by atoms with Gasteiger partial charge >= 0.3 is 0 Å². The van der Waals surface area contributed by atoms with E-state index in [0.717, 1.165) is 6.42 Å². The van der Waals surface area contributed by atoms with Gasteiger partial charge in [-0.3, -0.25) is 4.39 Å². The maximum absolute atomic E-state index is 11.4. The van der Waals surface area contributed by atoms with Crippen LogP contribution in [0, 0.1) is 5.92 Å². The second-order valence-electron chi connectivity index (χ2n) is 1.67. The highest BCUT2D eigenvalue weighted by atomic mass is 19.1. The summed E-state index contributed by atoms with van der Waals surface area (Å²) in [5.74, 6) is 0.269. The molecule has 0 aliphatic heterocycles. The highest BCUT2D eigenvalue weighted by Crippen LogP contribution is 1.98. The Morgan fingerprint density at radius 1 is 1.67 bits per heavy atom. The summed E-state index contributed by atoms with van der Waals surface area (Å²) in [7, 11) is 0. The van der Waals surface area contributed by atoms with Crippen LogP contribution in [0.15, 0.2) is 0 Å². The molecule has 0 aromatic carbocycles. The second kappa shape index (κ2) is 3.13. The molecule has 0 saturated heterocycles. The van der Waals surface area contributed by atoms with Crippen molar-refractivity contribution in [3.8, 4) is 0 Å². The van der Waals surface area contributed by atoms with Crippen molar-refractivity contribution in [1.82, 2.24) is 0 Å². The van der Waals surface area contributed by atoms with E-state index in [4.69, 9.17) is 0 Å². The lowest BCUT2D eigenvalue weighted by Crippen LogP contribution is -1.91. The monoisotopic (exact) mass is 90.1 g/mol. The summed E-state index contributed by atoms with van der Waals surface area (Å²) in [6, 6.07) is 0.